The van der Waals surface area contributed by atoms with Crippen LogP contribution < -0.4 is 11.5 Å². The molecule has 0 radical (unpaired) electrons. The number of nitrogen functional groups attached to an aromatic ring is 1. The van der Waals surface area contributed by atoms with E-state index in [0.29, 0.717) is 6.61 Å². The maximum atomic E-state index is 11.5. The predicted octanol–water partition coefficient (Wildman–Crippen LogP) is 4.17. The minimum Gasteiger partial charge on any atom is -0.415 e. The zero-order chi connectivity index (χ0) is 22.1. The number of aromatic nitrogens is 3. The number of hydrogen-bond donors (Lipinski definition) is 2. The molecule has 162 valence electrons. The number of rotatable bonds is 8. The van der Waals surface area contributed by atoms with Gasteiger partial charge < -0.3 is 25.0 Å². The van der Waals surface area contributed by atoms with E-state index < -0.39 is 14.2 Å². The van der Waals surface area contributed by atoms with Crippen LogP contribution in [0.3, 0.4) is 0 Å². The molecule has 1 amide bonds. The number of amides is 1. The Morgan fingerprint density at radius 2 is 2.00 bits per heavy atom. The van der Waals surface area contributed by atoms with Crippen molar-refractivity contribution in [1.82, 2.24) is 14.1 Å². The number of nitrogens with zero attached hydrogens (tertiary/aromatic N) is 3. The van der Waals surface area contributed by atoms with Crippen LogP contribution in [0.4, 0.5) is 5.69 Å². The molecule has 0 aliphatic heterocycles. The van der Waals surface area contributed by atoms with Crippen molar-refractivity contribution in [3.63, 3.8) is 0 Å². The highest BCUT2D eigenvalue weighted by molar-refractivity contribution is 6.74. The number of benzene rings is 1. The lowest BCUT2D eigenvalue weighted by Gasteiger charge is -2.37. The van der Waals surface area contributed by atoms with E-state index in [1.165, 1.54) is 0 Å². The molecule has 30 heavy (non-hydrogen) atoms. The summed E-state index contributed by atoms with van der Waals surface area (Å²) in [5.74, 6) is -0.523. The summed E-state index contributed by atoms with van der Waals surface area (Å²) >= 11 is 0. The minimum absolute atomic E-state index is 0.0400. The topological polar surface area (TPSA) is 101 Å². The van der Waals surface area contributed by atoms with E-state index in [1.54, 1.807) is 12.5 Å². The highest BCUT2D eigenvalue weighted by Gasteiger charge is 2.37. The monoisotopic (exact) mass is 427 g/mol. The largest absolute Gasteiger partial charge is 0.415 e. The van der Waals surface area contributed by atoms with Gasteiger partial charge in [0.1, 0.15) is 5.69 Å². The second-order valence-electron chi connectivity index (χ2n) is 9.41. The van der Waals surface area contributed by atoms with Crippen molar-refractivity contribution in [3.8, 4) is 0 Å². The second kappa shape index (κ2) is 8.27. The highest BCUT2D eigenvalue weighted by Crippen LogP contribution is 2.37. The third-order valence-corrected chi connectivity index (χ3v) is 10.7. The molecule has 0 saturated carbocycles. The maximum absolute atomic E-state index is 11.5. The van der Waals surface area contributed by atoms with Crippen molar-refractivity contribution in [3.05, 3.63) is 48.7 Å². The first-order valence-electron chi connectivity index (χ1n) is 10.3. The molecule has 1 aromatic carbocycles. The van der Waals surface area contributed by atoms with Gasteiger partial charge in [-0.2, -0.15) is 0 Å². The van der Waals surface area contributed by atoms with Crippen LogP contribution in [-0.2, 0) is 11.0 Å². The second-order valence-corrected chi connectivity index (χ2v) is 14.2. The Labute approximate surface area is 179 Å². The Balaban J connectivity index is 1.81. The molecule has 7 nitrogen and oxygen atoms in total. The molecule has 1 atom stereocenters. The van der Waals surface area contributed by atoms with Crippen LogP contribution in [0.2, 0.25) is 18.1 Å². The summed E-state index contributed by atoms with van der Waals surface area (Å²) in [6.07, 6.45) is 6.29. The standard InChI is InChI=1S/C22H33N5O2Si/c1-22(2,3)30(4,5)29-14-18(27-13-19(21(24)28)25-15-27)9-11-26-10-8-16-6-7-17(23)12-20(16)26/h6-8,10,12-13,15,18H,9,11,14,23H2,1-5H3,(H2,24,28)/t18-/m1/s1. The van der Waals surface area contributed by atoms with E-state index in [1.807, 2.05) is 22.8 Å². The van der Waals surface area contributed by atoms with Gasteiger partial charge in [-0.1, -0.05) is 26.8 Å². The van der Waals surface area contributed by atoms with Gasteiger partial charge in [0.2, 0.25) is 0 Å². The summed E-state index contributed by atoms with van der Waals surface area (Å²) in [5.41, 5.74) is 13.5. The summed E-state index contributed by atoms with van der Waals surface area (Å²) in [6, 6.07) is 8.09. The van der Waals surface area contributed by atoms with Gasteiger partial charge in [-0.25, -0.2) is 4.98 Å². The molecule has 0 aliphatic carbocycles. The maximum Gasteiger partial charge on any atom is 0.268 e. The molecule has 2 aromatic heterocycles. The van der Waals surface area contributed by atoms with Crippen LogP contribution in [-0.4, -0.2) is 34.9 Å². The summed E-state index contributed by atoms with van der Waals surface area (Å²) in [6.45, 7) is 12.5. The van der Waals surface area contributed by atoms with Crippen molar-refractivity contribution in [2.75, 3.05) is 12.3 Å². The smallest absolute Gasteiger partial charge is 0.268 e. The Bertz CT molecular complexity index is 1030. The molecule has 0 saturated heterocycles. The van der Waals surface area contributed by atoms with Crippen LogP contribution in [0.25, 0.3) is 10.9 Å². The van der Waals surface area contributed by atoms with Gasteiger partial charge in [-0.05, 0) is 48.1 Å². The SMILES string of the molecule is CC(C)(C)[Si](C)(C)OC[C@@H](CCn1ccc2ccc(N)cc21)n1cnc(C(N)=O)c1. The first-order valence-corrected chi connectivity index (χ1v) is 13.2. The van der Waals surface area contributed by atoms with Crippen LogP contribution in [0.1, 0.15) is 43.7 Å². The summed E-state index contributed by atoms with van der Waals surface area (Å²) in [7, 11) is -1.91. The van der Waals surface area contributed by atoms with Crippen molar-refractivity contribution in [1.29, 1.82) is 0 Å². The Kier molecular flexibility index (Phi) is 6.10. The molecule has 0 bridgehead atoms. The van der Waals surface area contributed by atoms with E-state index in [-0.39, 0.29) is 16.8 Å². The van der Waals surface area contributed by atoms with Gasteiger partial charge in [0.25, 0.3) is 5.91 Å². The lowest BCUT2D eigenvalue weighted by atomic mass is 10.2. The van der Waals surface area contributed by atoms with Gasteiger partial charge in [0, 0.05) is 24.6 Å². The zero-order valence-corrected chi connectivity index (χ0v) is 19.6. The molecule has 3 aromatic rings. The number of anilines is 1. The Morgan fingerprint density at radius 3 is 2.63 bits per heavy atom. The van der Waals surface area contributed by atoms with Crippen LogP contribution in [0.15, 0.2) is 43.0 Å². The number of fused-ring (bicyclic) bond motifs is 1. The summed E-state index contributed by atoms with van der Waals surface area (Å²) < 4.78 is 10.7. The van der Waals surface area contributed by atoms with Gasteiger partial charge in [-0.3, -0.25) is 4.79 Å². The molecule has 0 unspecified atom stereocenters. The molecule has 8 heteroatoms. The average Bonchev–Trinajstić information content (AvgIpc) is 3.28. The van der Waals surface area contributed by atoms with E-state index in [0.717, 1.165) is 29.6 Å². The third kappa shape index (κ3) is 4.76. The lowest BCUT2D eigenvalue weighted by Crippen LogP contribution is -2.42. The van der Waals surface area contributed by atoms with E-state index >= 15 is 0 Å². The van der Waals surface area contributed by atoms with Gasteiger partial charge >= 0.3 is 0 Å². The Morgan fingerprint density at radius 1 is 1.27 bits per heavy atom. The molecule has 0 fully saturated rings. The molecular weight excluding hydrogens is 394 g/mol. The molecule has 4 N–H and O–H groups in total. The van der Waals surface area contributed by atoms with E-state index in [4.69, 9.17) is 15.9 Å². The highest BCUT2D eigenvalue weighted by atomic mass is 28.4. The summed E-state index contributed by atoms with van der Waals surface area (Å²) in [4.78, 5) is 15.7. The van der Waals surface area contributed by atoms with Gasteiger partial charge in [0.15, 0.2) is 8.32 Å². The zero-order valence-electron chi connectivity index (χ0n) is 18.6. The number of primary amides is 1. The van der Waals surface area contributed by atoms with Crippen molar-refractivity contribution in [2.24, 2.45) is 5.73 Å². The molecule has 0 spiro atoms. The predicted molar refractivity (Wildman–Crippen MR) is 124 cm³/mol. The normalized spacial score (nSPS) is 13.6. The molecule has 0 aliphatic rings. The molecule has 2 heterocycles. The fourth-order valence-electron chi connectivity index (χ4n) is 3.19. The first-order chi connectivity index (χ1) is 14.0. The first kappa shape index (κ1) is 22.1. The number of carbonyl (C=O) groups is 1. The minimum atomic E-state index is -1.91. The van der Waals surface area contributed by atoms with E-state index in [9.17, 15) is 4.79 Å². The summed E-state index contributed by atoms with van der Waals surface area (Å²) in [5, 5.41) is 1.29. The number of carbonyl (C=O) groups excluding carboxylic acids is 1. The number of imidazole rings is 1. The third-order valence-electron chi connectivity index (χ3n) is 6.22. The average molecular weight is 428 g/mol. The quantitative estimate of drug-likeness (QED) is 0.416. The fourth-order valence-corrected chi connectivity index (χ4v) is 4.23. The van der Waals surface area contributed by atoms with Crippen molar-refractivity contribution in [2.45, 2.75) is 57.9 Å². The Hall–Kier alpha value is -2.58. The van der Waals surface area contributed by atoms with Crippen molar-refractivity contribution >= 4 is 30.8 Å². The van der Waals surface area contributed by atoms with Crippen LogP contribution >= 0.6 is 0 Å². The van der Waals surface area contributed by atoms with E-state index in [2.05, 4.69) is 55.7 Å². The van der Waals surface area contributed by atoms with Crippen molar-refractivity contribution < 1.29 is 9.22 Å². The van der Waals surface area contributed by atoms with Crippen LogP contribution in [0.5, 0.6) is 0 Å². The number of nitrogens with two attached hydrogens (primary N) is 2. The number of hydrogen-bond acceptors (Lipinski definition) is 4. The van der Waals surface area contributed by atoms with Crippen LogP contribution in [0, 0.1) is 0 Å². The van der Waals surface area contributed by atoms with Gasteiger partial charge in [0.05, 0.1) is 24.5 Å². The molecule has 3 rings (SSSR count). The van der Waals surface area contributed by atoms with Gasteiger partial charge in [-0.15, -0.1) is 0 Å². The lowest BCUT2D eigenvalue weighted by molar-refractivity contribution is 0.0995. The number of aryl methyl sites for hydroxylation is 1. The fraction of sp³-hybridized carbons (Fsp3) is 0.455. The molecular formula is C22H33N5O2Si.